The molecule has 28 heavy (non-hydrogen) atoms. The van der Waals surface area contributed by atoms with Crippen LogP contribution in [0.1, 0.15) is 36.9 Å². The van der Waals surface area contributed by atoms with Gasteiger partial charge in [0.25, 0.3) is 0 Å². The molecule has 0 saturated heterocycles. The van der Waals surface area contributed by atoms with E-state index in [4.69, 9.17) is 16.3 Å². The van der Waals surface area contributed by atoms with E-state index < -0.39 is 11.9 Å². The fourth-order valence-corrected chi connectivity index (χ4v) is 2.81. The molecule has 3 rings (SSSR count). The van der Waals surface area contributed by atoms with E-state index in [1.807, 2.05) is 0 Å². The van der Waals surface area contributed by atoms with Crippen molar-refractivity contribution in [2.45, 2.75) is 0 Å². The SMILES string of the molecule is COC(=O)c1cc(C(=O)OC)n(-c2ccc(Cl)cc2C(=O)c2ccccc2)n1. The van der Waals surface area contributed by atoms with Crippen LogP contribution in [0, 0.1) is 0 Å². The van der Waals surface area contributed by atoms with Crippen LogP contribution in [0.3, 0.4) is 0 Å². The van der Waals surface area contributed by atoms with E-state index in [1.54, 1.807) is 42.5 Å². The molecular formula is C20H15ClN2O5. The summed E-state index contributed by atoms with van der Waals surface area (Å²) in [6, 6.07) is 14.4. The fourth-order valence-electron chi connectivity index (χ4n) is 2.64. The lowest BCUT2D eigenvalue weighted by atomic mass is 10.0. The summed E-state index contributed by atoms with van der Waals surface area (Å²) in [5.74, 6) is -1.77. The summed E-state index contributed by atoms with van der Waals surface area (Å²) in [6.07, 6.45) is 0. The van der Waals surface area contributed by atoms with Crippen LogP contribution in [0.5, 0.6) is 0 Å². The van der Waals surface area contributed by atoms with E-state index in [2.05, 4.69) is 9.84 Å². The van der Waals surface area contributed by atoms with Gasteiger partial charge in [-0.05, 0) is 18.2 Å². The van der Waals surface area contributed by atoms with Crippen molar-refractivity contribution in [2.24, 2.45) is 0 Å². The summed E-state index contributed by atoms with van der Waals surface area (Å²) in [5, 5.41) is 4.47. The molecule has 0 saturated carbocycles. The predicted octanol–water partition coefficient (Wildman–Crippen LogP) is 3.33. The van der Waals surface area contributed by atoms with Crippen LogP contribution >= 0.6 is 11.6 Å². The van der Waals surface area contributed by atoms with Crippen LogP contribution in [0.15, 0.2) is 54.6 Å². The highest BCUT2D eigenvalue weighted by atomic mass is 35.5. The second-order valence-corrected chi connectivity index (χ2v) is 6.10. The maximum Gasteiger partial charge on any atom is 0.358 e. The van der Waals surface area contributed by atoms with Gasteiger partial charge in [-0.15, -0.1) is 0 Å². The number of carbonyl (C=O) groups is 3. The van der Waals surface area contributed by atoms with Gasteiger partial charge in [-0.2, -0.15) is 5.10 Å². The maximum absolute atomic E-state index is 13.0. The topological polar surface area (TPSA) is 87.5 Å². The normalized spacial score (nSPS) is 10.4. The Morgan fingerprint density at radius 3 is 2.25 bits per heavy atom. The monoisotopic (exact) mass is 398 g/mol. The number of hydrogen-bond donors (Lipinski definition) is 0. The van der Waals surface area contributed by atoms with Crippen molar-refractivity contribution in [3.05, 3.63) is 82.1 Å². The molecule has 0 spiro atoms. The molecule has 0 aliphatic rings. The third kappa shape index (κ3) is 3.65. The minimum absolute atomic E-state index is 0.0349. The third-order valence-corrected chi connectivity index (χ3v) is 4.20. The van der Waals surface area contributed by atoms with E-state index in [0.717, 1.165) is 0 Å². The van der Waals surface area contributed by atoms with Gasteiger partial charge >= 0.3 is 11.9 Å². The molecule has 1 heterocycles. The Labute approximate surface area is 165 Å². The molecule has 8 heteroatoms. The first-order chi connectivity index (χ1) is 13.5. The van der Waals surface area contributed by atoms with Crippen LogP contribution < -0.4 is 0 Å². The van der Waals surface area contributed by atoms with Gasteiger partial charge in [0.05, 0.1) is 19.9 Å². The Bertz CT molecular complexity index is 1060. The smallest absolute Gasteiger partial charge is 0.358 e. The molecular weight excluding hydrogens is 384 g/mol. The van der Waals surface area contributed by atoms with Crippen molar-refractivity contribution in [1.29, 1.82) is 0 Å². The van der Waals surface area contributed by atoms with Crippen LogP contribution in [-0.4, -0.2) is 41.7 Å². The molecule has 7 nitrogen and oxygen atoms in total. The molecule has 142 valence electrons. The zero-order valence-corrected chi connectivity index (χ0v) is 15.8. The average Bonchev–Trinajstić information content (AvgIpc) is 3.17. The van der Waals surface area contributed by atoms with Crippen molar-refractivity contribution >= 4 is 29.3 Å². The van der Waals surface area contributed by atoms with Crippen molar-refractivity contribution in [3.63, 3.8) is 0 Å². The van der Waals surface area contributed by atoms with Gasteiger partial charge in [0.15, 0.2) is 17.2 Å². The number of halogens is 1. The quantitative estimate of drug-likeness (QED) is 0.484. The number of ether oxygens (including phenoxy) is 2. The minimum atomic E-state index is -0.728. The highest BCUT2D eigenvalue weighted by molar-refractivity contribution is 6.31. The molecule has 0 N–H and O–H groups in total. The Hall–Kier alpha value is -3.45. The lowest BCUT2D eigenvalue weighted by Gasteiger charge is -2.12. The molecule has 0 aliphatic carbocycles. The summed E-state index contributed by atoms with van der Waals surface area (Å²) in [4.78, 5) is 37.1. The van der Waals surface area contributed by atoms with Gasteiger partial charge in [-0.25, -0.2) is 14.3 Å². The molecule has 1 aromatic heterocycles. The number of nitrogens with zero attached hydrogens (tertiary/aromatic N) is 2. The molecule has 0 fully saturated rings. The molecule has 0 amide bonds. The van der Waals surface area contributed by atoms with Crippen molar-refractivity contribution in [2.75, 3.05) is 14.2 Å². The first-order valence-corrected chi connectivity index (χ1v) is 8.50. The average molecular weight is 399 g/mol. The first kappa shape index (κ1) is 19.3. The lowest BCUT2D eigenvalue weighted by Crippen LogP contribution is -2.14. The highest BCUT2D eigenvalue weighted by Gasteiger charge is 2.24. The number of rotatable bonds is 5. The van der Waals surface area contributed by atoms with E-state index in [1.165, 1.54) is 31.0 Å². The van der Waals surface area contributed by atoms with Crippen LogP contribution in [0.2, 0.25) is 5.02 Å². The second kappa shape index (κ2) is 8.06. The molecule has 0 radical (unpaired) electrons. The third-order valence-electron chi connectivity index (χ3n) is 3.97. The number of methoxy groups -OCH3 is 2. The number of esters is 2. The van der Waals surface area contributed by atoms with Gasteiger partial charge in [0, 0.05) is 22.2 Å². The number of aromatic nitrogens is 2. The van der Waals surface area contributed by atoms with Gasteiger partial charge in [-0.1, -0.05) is 41.9 Å². The Kier molecular flexibility index (Phi) is 5.56. The van der Waals surface area contributed by atoms with Gasteiger partial charge < -0.3 is 9.47 Å². The van der Waals surface area contributed by atoms with Crippen molar-refractivity contribution in [3.8, 4) is 5.69 Å². The number of hydrogen-bond acceptors (Lipinski definition) is 6. The Morgan fingerprint density at radius 1 is 0.929 bits per heavy atom. The number of benzene rings is 2. The standard InChI is InChI=1S/C20H15ClN2O5/c1-27-19(25)15-11-17(20(26)28-2)23(22-15)16-9-8-13(21)10-14(16)18(24)12-6-4-3-5-7-12/h3-11H,1-2H3. The van der Waals surface area contributed by atoms with E-state index in [9.17, 15) is 14.4 Å². The van der Waals surface area contributed by atoms with Crippen molar-refractivity contribution in [1.82, 2.24) is 9.78 Å². The molecule has 0 unspecified atom stereocenters. The van der Waals surface area contributed by atoms with Crippen LogP contribution in [0.4, 0.5) is 0 Å². The number of carbonyl (C=O) groups excluding carboxylic acids is 3. The largest absolute Gasteiger partial charge is 0.464 e. The minimum Gasteiger partial charge on any atom is -0.464 e. The van der Waals surface area contributed by atoms with Crippen LogP contribution in [0.25, 0.3) is 5.69 Å². The maximum atomic E-state index is 13.0. The predicted molar refractivity (Wildman–Crippen MR) is 101 cm³/mol. The zero-order chi connectivity index (χ0) is 20.3. The number of ketones is 1. The first-order valence-electron chi connectivity index (χ1n) is 8.12. The summed E-state index contributed by atoms with van der Waals surface area (Å²) >= 11 is 6.10. The summed E-state index contributed by atoms with van der Waals surface area (Å²) in [6.45, 7) is 0. The fraction of sp³-hybridized carbons (Fsp3) is 0.100. The lowest BCUT2D eigenvalue weighted by molar-refractivity contribution is 0.0585. The molecule has 0 aliphatic heterocycles. The van der Waals surface area contributed by atoms with Gasteiger partial charge in [0.1, 0.15) is 0 Å². The summed E-state index contributed by atoms with van der Waals surface area (Å²) < 4.78 is 10.6. The van der Waals surface area contributed by atoms with Crippen molar-refractivity contribution < 1.29 is 23.9 Å². The molecule has 3 aromatic rings. The van der Waals surface area contributed by atoms with Gasteiger partial charge in [-0.3, -0.25) is 4.79 Å². The molecule has 2 aromatic carbocycles. The highest BCUT2D eigenvalue weighted by Crippen LogP contribution is 2.24. The Balaban J connectivity index is 2.22. The molecule has 0 atom stereocenters. The van der Waals surface area contributed by atoms with Gasteiger partial charge in [0.2, 0.25) is 0 Å². The zero-order valence-electron chi connectivity index (χ0n) is 15.0. The van der Waals surface area contributed by atoms with Crippen LogP contribution in [-0.2, 0) is 9.47 Å². The summed E-state index contributed by atoms with van der Waals surface area (Å²) in [5.41, 5.74) is 0.784. The van der Waals surface area contributed by atoms with E-state index in [-0.39, 0.29) is 28.4 Å². The Morgan fingerprint density at radius 2 is 1.61 bits per heavy atom. The second-order valence-electron chi connectivity index (χ2n) is 5.67. The summed E-state index contributed by atoms with van der Waals surface area (Å²) in [7, 11) is 2.40. The van der Waals surface area contributed by atoms with E-state index >= 15 is 0 Å². The van der Waals surface area contributed by atoms with E-state index in [0.29, 0.717) is 10.6 Å². The molecule has 0 bridgehead atoms.